The summed E-state index contributed by atoms with van der Waals surface area (Å²) in [7, 11) is -0.447. The maximum absolute atomic E-state index is 13.2. The zero-order valence-corrected chi connectivity index (χ0v) is 20.8. The predicted molar refractivity (Wildman–Crippen MR) is 127 cm³/mol. The molecule has 1 aliphatic rings. The summed E-state index contributed by atoms with van der Waals surface area (Å²) in [5.41, 5.74) is 3.61. The Kier molecular flexibility index (Phi) is 6.97. The minimum absolute atomic E-state index is 0.359. The van der Waals surface area contributed by atoms with Crippen LogP contribution >= 0.6 is 11.3 Å². The van der Waals surface area contributed by atoms with E-state index < -0.39 is 27.9 Å². The maximum Gasteiger partial charge on any atom is 0.341 e. The number of benzene rings is 1. The van der Waals surface area contributed by atoms with Crippen molar-refractivity contribution in [2.75, 3.05) is 36.6 Å². The first-order chi connectivity index (χ1) is 14.9. The van der Waals surface area contributed by atoms with Crippen molar-refractivity contribution in [3.05, 3.63) is 45.3 Å². The monoisotopic (exact) mass is 479 g/mol. The van der Waals surface area contributed by atoms with E-state index in [9.17, 15) is 18.0 Å². The number of fused-ring (bicyclic) bond motifs is 1. The molecule has 2 heterocycles. The van der Waals surface area contributed by atoms with E-state index in [-0.39, 0.29) is 0 Å². The lowest BCUT2D eigenvalue weighted by Crippen LogP contribution is -2.45. The lowest BCUT2D eigenvalue weighted by molar-refractivity contribution is -0.116. The van der Waals surface area contributed by atoms with Gasteiger partial charge in [0.05, 0.1) is 24.6 Å². The number of carbonyl (C=O) groups is 2. The summed E-state index contributed by atoms with van der Waals surface area (Å²) in [6, 6.07) is 4.23. The van der Waals surface area contributed by atoms with E-state index in [1.54, 1.807) is 12.1 Å². The van der Waals surface area contributed by atoms with Crippen molar-refractivity contribution < 1.29 is 22.7 Å². The number of ether oxygens (including phenoxy) is 1. The molecule has 1 amide bonds. The number of nitrogens with one attached hydrogen (secondary N) is 1. The molecule has 0 spiro atoms. The topological polar surface area (TPSA) is 96.0 Å². The Morgan fingerprint density at radius 2 is 1.94 bits per heavy atom. The number of aryl methyl sites for hydroxylation is 2. The number of esters is 1. The van der Waals surface area contributed by atoms with Gasteiger partial charge in [0.2, 0.25) is 15.9 Å². The van der Waals surface area contributed by atoms with E-state index in [1.165, 1.54) is 25.4 Å². The van der Waals surface area contributed by atoms with Gasteiger partial charge in [0.1, 0.15) is 11.0 Å². The number of nitrogens with zero attached hydrogens (tertiary/aromatic N) is 2. The second kappa shape index (κ2) is 9.21. The summed E-state index contributed by atoms with van der Waals surface area (Å²) >= 11 is 1.33. The lowest BCUT2D eigenvalue weighted by Gasteiger charge is -2.28. The number of thiophene rings is 1. The molecule has 1 aromatic carbocycles. The lowest BCUT2D eigenvalue weighted by atomic mass is 10.0. The average molecular weight is 480 g/mol. The number of sulfonamides is 1. The van der Waals surface area contributed by atoms with Crippen LogP contribution < -0.4 is 9.62 Å². The molecule has 3 rings (SSSR count). The van der Waals surface area contributed by atoms with Gasteiger partial charge in [-0.15, -0.1) is 11.3 Å². The van der Waals surface area contributed by atoms with Crippen molar-refractivity contribution in [3.8, 4) is 0 Å². The molecule has 174 valence electrons. The van der Waals surface area contributed by atoms with Crippen LogP contribution in [0.4, 0.5) is 10.7 Å². The smallest absolute Gasteiger partial charge is 0.341 e. The number of anilines is 2. The molecule has 1 N–H and O–H groups in total. The first kappa shape index (κ1) is 24.2. The molecule has 0 radical (unpaired) electrons. The van der Waals surface area contributed by atoms with Gasteiger partial charge in [-0.05, 0) is 63.1 Å². The Morgan fingerprint density at radius 1 is 1.25 bits per heavy atom. The molecule has 0 fully saturated rings. The standard InChI is InChI=1S/C22H29N3O5S2/c1-13-7-8-16(11-14(13)2)25(32(6,28)29)15(3)20(26)23-21-19(22(27)30-5)17-9-10-24(4)12-18(17)31-21/h7-8,11,15H,9-10,12H2,1-6H3,(H,23,26)/t15-/m1/s1. The highest BCUT2D eigenvalue weighted by molar-refractivity contribution is 7.92. The zero-order valence-electron chi connectivity index (χ0n) is 19.2. The van der Waals surface area contributed by atoms with Crippen molar-refractivity contribution in [2.24, 2.45) is 0 Å². The van der Waals surface area contributed by atoms with Gasteiger partial charge in [0.15, 0.2) is 0 Å². The van der Waals surface area contributed by atoms with E-state index in [2.05, 4.69) is 10.2 Å². The normalized spacial score (nSPS) is 15.1. The number of carbonyl (C=O) groups excluding carboxylic acids is 2. The summed E-state index contributed by atoms with van der Waals surface area (Å²) in [5.74, 6) is -1.03. The molecule has 10 heteroatoms. The van der Waals surface area contributed by atoms with Crippen LogP contribution in [0.25, 0.3) is 0 Å². The second-order valence-electron chi connectivity index (χ2n) is 8.18. The molecule has 1 aromatic heterocycles. The van der Waals surface area contributed by atoms with E-state index >= 15 is 0 Å². The largest absolute Gasteiger partial charge is 0.465 e. The summed E-state index contributed by atoms with van der Waals surface area (Å²) in [6.07, 6.45) is 1.75. The van der Waals surface area contributed by atoms with Gasteiger partial charge in [-0.1, -0.05) is 6.07 Å². The Balaban J connectivity index is 1.96. The van der Waals surface area contributed by atoms with Crippen molar-refractivity contribution >= 4 is 43.9 Å². The van der Waals surface area contributed by atoms with Crippen molar-refractivity contribution in [3.63, 3.8) is 0 Å². The molecule has 0 aliphatic carbocycles. The Bertz CT molecular complexity index is 1160. The van der Waals surface area contributed by atoms with Gasteiger partial charge in [0, 0.05) is 18.0 Å². The van der Waals surface area contributed by atoms with Crippen LogP contribution in [-0.4, -0.2) is 58.2 Å². The molecule has 1 atom stereocenters. The number of hydrogen-bond acceptors (Lipinski definition) is 7. The molecule has 0 saturated heterocycles. The SMILES string of the molecule is COC(=O)c1c(NC(=O)[C@@H](C)N(c2ccc(C)c(C)c2)S(C)(=O)=O)sc2c1CCN(C)C2. The summed E-state index contributed by atoms with van der Waals surface area (Å²) in [5, 5.41) is 3.19. The van der Waals surface area contributed by atoms with Crippen LogP contribution in [0.1, 0.15) is 38.8 Å². The fourth-order valence-corrected chi connectivity index (χ4v) is 6.31. The van der Waals surface area contributed by atoms with Crippen molar-refractivity contribution in [1.29, 1.82) is 0 Å². The third-order valence-electron chi connectivity index (χ3n) is 5.71. The van der Waals surface area contributed by atoms with Crippen LogP contribution in [0.3, 0.4) is 0 Å². The minimum atomic E-state index is -3.75. The van der Waals surface area contributed by atoms with Crippen LogP contribution in [0.15, 0.2) is 18.2 Å². The molecule has 32 heavy (non-hydrogen) atoms. The van der Waals surface area contributed by atoms with Gasteiger partial charge >= 0.3 is 5.97 Å². The van der Waals surface area contributed by atoms with Gasteiger partial charge in [-0.3, -0.25) is 9.10 Å². The summed E-state index contributed by atoms with van der Waals surface area (Å²) in [4.78, 5) is 28.8. The fraction of sp³-hybridized carbons (Fsp3) is 0.455. The maximum atomic E-state index is 13.2. The average Bonchev–Trinajstić information content (AvgIpc) is 3.05. The number of rotatable bonds is 6. The highest BCUT2D eigenvalue weighted by Crippen LogP contribution is 2.37. The fourth-order valence-electron chi connectivity index (χ4n) is 3.83. The quantitative estimate of drug-likeness (QED) is 0.640. The Labute approximate surface area is 193 Å². The van der Waals surface area contributed by atoms with Crippen molar-refractivity contribution in [2.45, 2.75) is 39.8 Å². The molecule has 0 saturated carbocycles. The van der Waals surface area contributed by atoms with E-state index in [1.807, 2.05) is 27.0 Å². The van der Waals surface area contributed by atoms with Gasteiger partial charge < -0.3 is 15.0 Å². The molecule has 1 aliphatic heterocycles. The molecule has 2 aromatic rings. The Hall–Kier alpha value is -2.43. The molecule has 0 bridgehead atoms. The minimum Gasteiger partial charge on any atom is -0.465 e. The number of likely N-dealkylation sites (N-methyl/N-ethyl adjacent to an activating group) is 1. The number of hydrogen-bond donors (Lipinski definition) is 1. The highest BCUT2D eigenvalue weighted by Gasteiger charge is 2.33. The Morgan fingerprint density at radius 3 is 2.53 bits per heavy atom. The van der Waals surface area contributed by atoms with Crippen molar-refractivity contribution in [1.82, 2.24) is 4.90 Å². The van der Waals surface area contributed by atoms with Crippen LogP contribution in [0.5, 0.6) is 0 Å². The molecular weight excluding hydrogens is 450 g/mol. The summed E-state index contributed by atoms with van der Waals surface area (Å²) in [6.45, 7) is 6.83. The first-order valence-electron chi connectivity index (χ1n) is 10.2. The van der Waals surface area contributed by atoms with Crippen LogP contribution in [0.2, 0.25) is 0 Å². The van der Waals surface area contributed by atoms with E-state index in [0.29, 0.717) is 29.2 Å². The van der Waals surface area contributed by atoms with Gasteiger partial charge in [0.25, 0.3) is 0 Å². The molecular formula is C22H29N3O5S2. The second-order valence-corrected chi connectivity index (χ2v) is 11.1. The molecule has 8 nitrogen and oxygen atoms in total. The third kappa shape index (κ3) is 4.82. The van der Waals surface area contributed by atoms with Gasteiger partial charge in [-0.25, -0.2) is 13.2 Å². The van der Waals surface area contributed by atoms with Crippen LogP contribution in [-0.2, 0) is 32.5 Å². The number of methoxy groups -OCH3 is 1. The van der Waals surface area contributed by atoms with Crippen LogP contribution in [0, 0.1) is 13.8 Å². The summed E-state index contributed by atoms with van der Waals surface area (Å²) < 4.78 is 31.3. The zero-order chi connectivity index (χ0) is 23.8. The molecule has 0 unspecified atom stereocenters. The first-order valence-corrected chi connectivity index (χ1v) is 12.9. The predicted octanol–water partition coefficient (Wildman–Crippen LogP) is 2.93. The third-order valence-corrected chi connectivity index (χ3v) is 8.08. The van der Waals surface area contributed by atoms with E-state index in [4.69, 9.17) is 4.74 Å². The van der Waals surface area contributed by atoms with E-state index in [0.717, 1.165) is 38.7 Å². The highest BCUT2D eigenvalue weighted by atomic mass is 32.2. The van der Waals surface area contributed by atoms with Gasteiger partial charge in [-0.2, -0.15) is 0 Å². The number of amides is 1.